The van der Waals surface area contributed by atoms with Crippen LogP contribution in [0.1, 0.15) is 42.3 Å². The largest absolute Gasteiger partial charge is 0.454 e. The zero-order chi connectivity index (χ0) is 21.3. The second-order valence-corrected chi connectivity index (χ2v) is 6.91. The van der Waals surface area contributed by atoms with Crippen molar-refractivity contribution in [2.24, 2.45) is 4.99 Å². The molecule has 30 heavy (non-hydrogen) atoms. The maximum Gasteiger partial charge on any atom is 0.253 e. The van der Waals surface area contributed by atoms with Crippen LogP contribution in [0.25, 0.3) is 0 Å². The number of amides is 1. The molecule has 0 unspecified atom stereocenters. The lowest BCUT2D eigenvalue weighted by molar-refractivity contribution is 0.0773. The monoisotopic (exact) mass is 410 g/mol. The van der Waals surface area contributed by atoms with Gasteiger partial charge in [0.15, 0.2) is 17.5 Å². The standard InChI is InChI=1S/C23H30N4O3/c1-4-24-23(26-15-18-9-12-20-21(13-18)30-16-29-20)25-14-17-7-10-19(11-8-17)22(28)27(5-2)6-3/h7-13H,4-6,14-16H2,1-3H3,(H2,24,25,26). The first-order chi connectivity index (χ1) is 14.6. The smallest absolute Gasteiger partial charge is 0.253 e. The number of aliphatic imine (C=N–C) groups is 1. The molecule has 7 nitrogen and oxygen atoms in total. The van der Waals surface area contributed by atoms with E-state index in [0.717, 1.165) is 35.1 Å². The van der Waals surface area contributed by atoms with Crippen LogP contribution in [0.5, 0.6) is 11.5 Å². The number of hydrogen-bond donors (Lipinski definition) is 2. The van der Waals surface area contributed by atoms with Crippen LogP contribution < -0.4 is 20.1 Å². The molecule has 1 aliphatic heterocycles. The van der Waals surface area contributed by atoms with E-state index in [0.29, 0.717) is 31.7 Å². The number of carbonyl (C=O) groups is 1. The number of guanidine groups is 1. The summed E-state index contributed by atoms with van der Waals surface area (Å²) in [6.07, 6.45) is 0. The lowest BCUT2D eigenvalue weighted by atomic mass is 10.1. The van der Waals surface area contributed by atoms with Crippen molar-refractivity contribution in [1.82, 2.24) is 15.5 Å². The van der Waals surface area contributed by atoms with Gasteiger partial charge in [-0.3, -0.25) is 4.79 Å². The summed E-state index contributed by atoms with van der Waals surface area (Å²) in [4.78, 5) is 18.9. The van der Waals surface area contributed by atoms with Crippen molar-refractivity contribution < 1.29 is 14.3 Å². The van der Waals surface area contributed by atoms with Crippen LogP contribution in [-0.2, 0) is 13.1 Å². The number of hydrogen-bond acceptors (Lipinski definition) is 4. The first-order valence-electron chi connectivity index (χ1n) is 10.4. The normalized spacial score (nSPS) is 12.6. The van der Waals surface area contributed by atoms with E-state index < -0.39 is 0 Å². The highest BCUT2D eigenvalue weighted by atomic mass is 16.7. The summed E-state index contributed by atoms with van der Waals surface area (Å²) in [6.45, 7) is 9.63. The number of nitrogens with one attached hydrogen (secondary N) is 2. The Bertz CT molecular complexity index is 877. The molecule has 1 amide bonds. The molecule has 0 bridgehead atoms. The predicted molar refractivity (Wildman–Crippen MR) is 118 cm³/mol. The first-order valence-corrected chi connectivity index (χ1v) is 10.4. The number of carbonyl (C=O) groups excluding carboxylic acids is 1. The Morgan fingerprint density at radius 2 is 1.67 bits per heavy atom. The molecule has 0 saturated carbocycles. The summed E-state index contributed by atoms with van der Waals surface area (Å²) in [7, 11) is 0. The highest BCUT2D eigenvalue weighted by Crippen LogP contribution is 2.32. The molecular weight excluding hydrogens is 380 g/mol. The third-order valence-electron chi connectivity index (χ3n) is 4.91. The van der Waals surface area contributed by atoms with Crippen molar-refractivity contribution in [3.05, 3.63) is 59.2 Å². The van der Waals surface area contributed by atoms with Crippen LogP contribution in [0.2, 0.25) is 0 Å². The Morgan fingerprint density at radius 3 is 2.37 bits per heavy atom. The van der Waals surface area contributed by atoms with E-state index in [2.05, 4.69) is 15.6 Å². The second kappa shape index (κ2) is 10.5. The molecule has 2 N–H and O–H groups in total. The zero-order valence-corrected chi connectivity index (χ0v) is 17.9. The van der Waals surface area contributed by atoms with E-state index in [9.17, 15) is 4.79 Å². The van der Waals surface area contributed by atoms with Crippen molar-refractivity contribution >= 4 is 11.9 Å². The van der Waals surface area contributed by atoms with Crippen molar-refractivity contribution in [2.75, 3.05) is 26.4 Å². The number of ether oxygens (including phenoxy) is 2. The average Bonchev–Trinajstić information content (AvgIpc) is 3.24. The maximum atomic E-state index is 12.4. The van der Waals surface area contributed by atoms with Crippen molar-refractivity contribution in [1.29, 1.82) is 0 Å². The maximum absolute atomic E-state index is 12.4. The van der Waals surface area contributed by atoms with Gasteiger partial charge in [-0.2, -0.15) is 0 Å². The summed E-state index contributed by atoms with van der Waals surface area (Å²) in [5, 5.41) is 6.60. The van der Waals surface area contributed by atoms with Crippen LogP contribution in [0, 0.1) is 0 Å². The average molecular weight is 411 g/mol. The third-order valence-corrected chi connectivity index (χ3v) is 4.91. The molecule has 0 saturated heterocycles. The van der Waals surface area contributed by atoms with Gasteiger partial charge in [-0.15, -0.1) is 0 Å². The Kier molecular flexibility index (Phi) is 7.54. The van der Waals surface area contributed by atoms with Crippen molar-refractivity contribution in [2.45, 2.75) is 33.9 Å². The van der Waals surface area contributed by atoms with Crippen LogP contribution in [0.15, 0.2) is 47.5 Å². The van der Waals surface area contributed by atoms with Gasteiger partial charge in [-0.05, 0) is 56.2 Å². The number of nitrogens with zero attached hydrogens (tertiary/aromatic N) is 2. The van der Waals surface area contributed by atoms with Gasteiger partial charge in [-0.1, -0.05) is 18.2 Å². The minimum absolute atomic E-state index is 0.0677. The molecule has 0 atom stereocenters. The fourth-order valence-corrected chi connectivity index (χ4v) is 3.20. The molecule has 160 valence electrons. The number of benzene rings is 2. The van der Waals surface area contributed by atoms with Gasteiger partial charge in [0.1, 0.15) is 0 Å². The molecule has 0 fully saturated rings. The summed E-state index contributed by atoms with van der Waals surface area (Å²) in [5.41, 5.74) is 2.85. The molecule has 0 aromatic heterocycles. The molecule has 3 rings (SSSR count). The van der Waals surface area contributed by atoms with Crippen LogP contribution in [-0.4, -0.2) is 43.2 Å². The molecule has 2 aromatic rings. The van der Waals surface area contributed by atoms with E-state index in [-0.39, 0.29) is 12.7 Å². The first kappa shape index (κ1) is 21.5. The highest BCUT2D eigenvalue weighted by molar-refractivity contribution is 5.94. The van der Waals surface area contributed by atoms with E-state index in [4.69, 9.17) is 9.47 Å². The fourth-order valence-electron chi connectivity index (χ4n) is 3.20. The van der Waals surface area contributed by atoms with E-state index in [1.807, 2.05) is 68.1 Å². The summed E-state index contributed by atoms with van der Waals surface area (Å²) in [6, 6.07) is 13.6. The summed E-state index contributed by atoms with van der Waals surface area (Å²) in [5.74, 6) is 2.34. The second-order valence-electron chi connectivity index (χ2n) is 6.91. The van der Waals surface area contributed by atoms with Gasteiger partial charge in [0.05, 0.1) is 6.54 Å². The molecule has 1 aliphatic rings. The Morgan fingerprint density at radius 1 is 0.967 bits per heavy atom. The Labute approximate surface area is 178 Å². The molecular formula is C23H30N4O3. The van der Waals surface area contributed by atoms with E-state index in [1.54, 1.807) is 0 Å². The van der Waals surface area contributed by atoms with Crippen LogP contribution >= 0.6 is 0 Å². The topological polar surface area (TPSA) is 75.2 Å². The molecule has 0 radical (unpaired) electrons. The SMILES string of the molecule is CCNC(=NCc1ccc2c(c1)OCO2)NCc1ccc(C(=O)N(CC)CC)cc1. The van der Waals surface area contributed by atoms with Gasteiger partial charge in [0.2, 0.25) is 6.79 Å². The van der Waals surface area contributed by atoms with Gasteiger partial charge in [0.25, 0.3) is 5.91 Å². The van der Waals surface area contributed by atoms with E-state index >= 15 is 0 Å². The molecule has 1 heterocycles. The zero-order valence-electron chi connectivity index (χ0n) is 17.9. The molecule has 0 spiro atoms. The lowest BCUT2D eigenvalue weighted by Gasteiger charge is -2.18. The number of fused-ring (bicyclic) bond motifs is 1. The Balaban J connectivity index is 1.59. The van der Waals surface area contributed by atoms with Gasteiger partial charge in [-0.25, -0.2) is 4.99 Å². The van der Waals surface area contributed by atoms with Crippen molar-refractivity contribution in [3.63, 3.8) is 0 Å². The summed E-state index contributed by atoms with van der Waals surface area (Å²) < 4.78 is 10.8. The molecule has 2 aromatic carbocycles. The highest BCUT2D eigenvalue weighted by Gasteiger charge is 2.13. The fraction of sp³-hybridized carbons (Fsp3) is 0.391. The molecule has 0 aliphatic carbocycles. The minimum atomic E-state index is 0.0677. The minimum Gasteiger partial charge on any atom is -0.454 e. The van der Waals surface area contributed by atoms with Gasteiger partial charge >= 0.3 is 0 Å². The lowest BCUT2D eigenvalue weighted by Crippen LogP contribution is -2.36. The Hall–Kier alpha value is -3.22. The summed E-state index contributed by atoms with van der Waals surface area (Å²) >= 11 is 0. The molecule has 7 heteroatoms. The van der Waals surface area contributed by atoms with E-state index in [1.165, 1.54) is 0 Å². The quantitative estimate of drug-likeness (QED) is 0.517. The predicted octanol–water partition coefficient (Wildman–Crippen LogP) is 3.15. The van der Waals surface area contributed by atoms with Crippen LogP contribution in [0.4, 0.5) is 0 Å². The van der Waals surface area contributed by atoms with Gasteiger partial charge < -0.3 is 25.0 Å². The number of rotatable bonds is 8. The van der Waals surface area contributed by atoms with Gasteiger partial charge in [0, 0.05) is 31.7 Å². The van der Waals surface area contributed by atoms with Crippen molar-refractivity contribution in [3.8, 4) is 11.5 Å². The third kappa shape index (κ3) is 5.43. The van der Waals surface area contributed by atoms with Crippen LogP contribution in [0.3, 0.4) is 0 Å².